The molecule has 2 heterocycles. The normalized spacial score (nSPS) is 11.8. The highest BCUT2D eigenvalue weighted by atomic mass is 16.5. The molecule has 4 aromatic rings. The minimum Gasteiger partial charge on any atom is -0.460 e. The van der Waals surface area contributed by atoms with Crippen molar-refractivity contribution in [3.63, 3.8) is 0 Å². The molecule has 8 nitrogen and oxygen atoms in total. The fraction of sp³-hybridized carbons (Fsp3) is 0.120. The van der Waals surface area contributed by atoms with Gasteiger partial charge in [0.15, 0.2) is 0 Å². The zero-order valence-electron chi connectivity index (χ0n) is 18.4. The molecule has 0 unspecified atom stereocenters. The number of nitrogens with one attached hydrogen (secondary N) is 1. The minimum absolute atomic E-state index is 0.167. The van der Waals surface area contributed by atoms with Crippen LogP contribution < -0.4 is 20.9 Å². The smallest absolute Gasteiger partial charge is 0.297 e. The number of allylic oxidation sites excluding steroid dienone is 1. The summed E-state index contributed by atoms with van der Waals surface area (Å²) < 4.78 is 5.70. The van der Waals surface area contributed by atoms with Crippen molar-refractivity contribution in [1.82, 2.24) is 15.0 Å². The molecule has 8 heteroatoms. The third-order valence-corrected chi connectivity index (χ3v) is 5.22. The highest BCUT2D eigenvalue weighted by Crippen LogP contribution is 2.25. The maximum absolute atomic E-state index is 12.1. The number of hydrogen-bond acceptors (Lipinski definition) is 7. The molecule has 2 aromatic heterocycles. The first-order valence-electron chi connectivity index (χ1n) is 10.3. The summed E-state index contributed by atoms with van der Waals surface area (Å²) in [5.74, 6) is 0. The summed E-state index contributed by atoms with van der Waals surface area (Å²) in [7, 11) is 3.72. The highest BCUT2D eigenvalue weighted by Gasteiger charge is 2.07. The van der Waals surface area contributed by atoms with E-state index in [4.69, 9.17) is 10.5 Å². The molecule has 0 aliphatic carbocycles. The molecule has 4 rings (SSSR count). The van der Waals surface area contributed by atoms with E-state index in [1.54, 1.807) is 37.9 Å². The van der Waals surface area contributed by atoms with Crippen molar-refractivity contribution in [3.05, 3.63) is 94.7 Å². The average molecular weight is 441 g/mol. The molecular weight excluding hydrogens is 416 g/mol. The summed E-state index contributed by atoms with van der Waals surface area (Å²) in [6.45, 7) is 0.278. The Morgan fingerprint density at radius 1 is 1.12 bits per heavy atom. The van der Waals surface area contributed by atoms with E-state index < -0.39 is 0 Å². The number of fused-ring (bicyclic) bond motifs is 1. The van der Waals surface area contributed by atoms with Gasteiger partial charge in [0.25, 0.3) is 11.6 Å². The van der Waals surface area contributed by atoms with E-state index in [1.807, 2.05) is 55.6 Å². The first-order valence-corrected chi connectivity index (χ1v) is 10.3. The zero-order chi connectivity index (χ0) is 23.2. The second-order valence-corrected chi connectivity index (χ2v) is 7.33. The van der Waals surface area contributed by atoms with Crippen LogP contribution >= 0.6 is 0 Å². The molecule has 2 aromatic carbocycles. The maximum Gasteiger partial charge on any atom is 0.297 e. The van der Waals surface area contributed by atoms with Crippen LogP contribution in [0.4, 0.5) is 11.4 Å². The van der Waals surface area contributed by atoms with Crippen LogP contribution in [0.15, 0.2) is 83.0 Å². The molecule has 0 fully saturated rings. The van der Waals surface area contributed by atoms with Gasteiger partial charge in [-0.25, -0.2) is 0 Å². The van der Waals surface area contributed by atoms with Gasteiger partial charge in [0, 0.05) is 49.7 Å². The Labute approximate surface area is 191 Å². The minimum atomic E-state index is -0.253. The molecule has 0 saturated heterocycles. The van der Waals surface area contributed by atoms with Gasteiger partial charge in [-0.05, 0) is 41.5 Å². The van der Waals surface area contributed by atoms with Crippen LogP contribution in [0.3, 0.4) is 0 Å². The van der Waals surface area contributed by atoms with Crippen LogP contribution in [-0.4, -0.2) is 35.3 Å². The predicted molar refractivity (Wildman–Crippen MR) is 132 cm³/mol. The van der Waals surface area contributed by atoms with E-state index in [9.17, 15) is 4.79 Å². The Bertz CT molecular complexity index is 1360. The summed E-state index contributed by atoms with van der Waals surface area (Å²) in [6.07, 6.45) is 6.38. The van der Waals surface area contributed by atoms with E-state index >= 15 is 0 Å². The number of nitrogens with two attached hydrogens (primary N) is 1. The van der Waals surface area contributed by atoms with Crippen molar-refractivity contribution in [3.8, 4) is 6.01 Å². The Morgan fingerprint density at radius 2 is 1.82 bits per heavy atom. The number of pyridine rings is 1. The fourth-order valence-corrected chi connectivity index (χ4v) is 3.38. The van der Waals surface area contributed by atoms with Crippen LogP contribution in [0.2, 0.25) is 0 Å². The number of ether oxygens (including phenoxy) is 1. The van der Waals surface area contributed by atoms with Gasteiger partial charge in [-0.2, -0.15) is 4.98 Å². The second kappa shape index (κ2) is 9.78. The van der Waals surface area contributed by atoms with Crippen molar-refractivity contribution in [2.45, 2.75) is 6.61 Å². The number of benzene rings is 2. The summed E-state index contributed by atoms with van der Waals surface area (Å²) in [5, 5.41) is 0.478. The van der Waals surface area contributed by atoms with E-state index in [2.05, 4.69) is 24.8 Å². The molecule has 0 atom stereocenters. The van der Waals surface area contributed by atoms with Gasteiger partial charge in [-0.15, -0.1) is 0 Å². The zero-order valence-corrected chi connectivity index (χ0v) is 18.4. The third-order valence-electron chi connectivity index (χ3n) is 5.22. The summed E-state index contributed by atoms with van der Waals surface area (Å²) >= 11 is 0. The number of rotatable bonds is 7. The molecule has 0 amide bonds. The van der Waals surface area contributed by atoms with Crippen molar-refractivity contribution in [2.24, 2.45) is 10.7 Å². The highest BCUT2D eigenvalue weighted by molar-refractivity contribution is 6.09. The molecule has 0 spiro atoms. The Hall–Kier alpha value is -4.46. The lowest BCUT2D eigenvalue weighted by molar-refractivity contribution is 0.281. The van der Waals surface area contributed by atoms with Crippen molar-refractivity contribution in [2.75, 3.05) is 19.0 Å². The van der Waals surface area contributed by atoms with E-state index in [0.717, 1.165) is 28.1 Å². The lowest BCUT2D eigenvalue weighted by Gasteiger charge is -2.20. The van der Waals surface area contributed by atoms with Gasteiger partial charge in [-0.3, -0.25) is 19.8 Å². The molecule has 0 aliphatic rings. The summed E-state index contributed by atoms with van der Waals surface area (Å²) in [4.78, 5) is 29.2. The molecule has 0 saturated carbocycles. The second-order valence-electron chi connectivity index (χ2n) is 7.33. The number of aromatic nitrogens is 3. The van der Waals surface area contributed by atoms with Gasteiger partial charge in [0.2, 0.25) is 0 Å². The summed E-state index contributed by atoms with van der Waals surface area (Å²) in [6, 6.07) is 17.9. The quantitative estimate of drug-likeness (QED) is 0.425. The SMILES string of the molecule is CN=CC(=CN)c1ccc(N(C)c2ccc(COc3nc4cnccc4c(=O)[nH]3)cc2)cc1. The first kappa shape index (κ1) is 21.8. The largest absolute Gasteiger partial charge is 0.460 e. The Balaban J connectivity index is 1.43. The third kappa shape index (κ3) is 4.90. The molecule has 0 radical (unpaired) electrons. The lowest BCUT2D eigenvalue weighted by atomic mass is 10.1. The van der Waals surface area contributed by atoms with E-state index in [-0.39, 0.29) is 18.2 Å². The van der Waals surface area contributed by atoms with Crippen LogP contribution in [0.5, 0.6) is 6.01 Å². The predicted octanol–water partition coefficient (Wildman–Crippen LogP) is 3.67. The van der Waals surface area contributed by atoms with E-state index in [0.29, 0.717) is 10.9 Å². The molecule has 33 heavy (non-hydrogen) atoms. The molecule has 166 valence electrons. The monoisotopic (exact) mass is 440 g/mol. The van der Waals surface area contributed by atoms with Crippen LogP contribution in [0.1, 0.15) is 11.1 Å². The van der Waals surface area contributed by atoms with Crippen LogP contribution in [0, 0.1) is 0 Å². The number of aliphatic imine (C=N–C) groups is 1. The average Bonchev–Trinajstić information content (AvgIpc) is 2.86. The van der Waals surface area contributed by atoms with Crippen LogP contribution in [-0.2, 0) is 6.61 Å². The number of H-pyrrole nitrogens is 1. The van der Waals surface area contributed by atoms with Crippen LogP contribution in [0.25, 0.3) is 16.5 Å². The number of nitrogens with zero attached hydrogens (tertiary/aromatic N) is 4. The van der Waals surface area contributed by atoms with Gasteiger partial charge >= 0.3 is 0 Å². The van der Waals surface area contributed by atoms with Gasteiger partial charge in [-0.1, -0.05) is 24.3 Å². The number of anilines is 2. The Morgan fingerprint density at radius 3 is 2.48 bits per heavy atom. The fourth-order valence-electron chi connectivity index (χ4n) is 3.38. The standard InChI is InChI=1S/C25H24N6O2/c1-27-14-19(13-26)18-5-9-21(10-6-18)31(2)20-7-3-17(4-8-20)16-33-25-29-23-15-28-12-11-22(23)24(32)30-25/h3-15H,16,26H2,1-2H3,(H,29,30,32). The number of hydrogen-bond donors (Lipinski definition) is 2. The van der Waals surface area contributed by atoms with Crippen molar-refractivity contribution in [1.29, 1.82) is 0 Å². The lowest BCUT2D eigenvalue weighted by Crippen LogP contribution is -2.11. The molecular formula is C25H24N6O2. The van der Waals surface area contributed by atoms with Crippen molar-refractivity contribution >= 4 is 34.1 Å². The van der Waals surface area contributed by atoms with Crippen molar-refractivity contribution < 1.29 is 4.74 Å². The maximum atomic E-state index is 12.1. The van der Waals surface area contributed by atoms with Gasteiger partial charge in [0.1, 0.15) is 6.61 Å². The summed E-state index contributed by atoms with van der Waals surface area (Å²) in [5.41, 5.74) is 10.8. The topological polar surface area (TPSA) is 109 Å². The van der Waals surface area contributed by atoms with Gasteiger partial charge < -0.3 is 15.4 Å². The first-order chi connectivity index (χ1) is 16.1. The molecule has 0 bridgehead atoms. The molecule has 0 aliphatic heterocycles. The Kier molecular flexibility index (Phi) is 6.45. The van der Waals surface area contributed by atoms with Gasteiger partial charge in [0.05, 0.1) is 17.1 Å². The number of aromatic amines is 1. The van der Waals surface area contributed by atoms with E-state index in [1.165, 1.54) is 0 Å². The molecule has 3 N–H and O–H groups in total.